The third-order valence-electron chi connectivity index (χ3n) is 4.20. The SMILES string of the molecule is COC(C)CS(=O)(=O)Nc1cc(F)ccc1N1CCC(C)CC1. The number of anilines is 2. The van der Waals surface area contributed by atoms with Gasteiger partial charge in [0.2, 0.25) is 10.0 Å². The maximum atomic E-state index is 13.6. The minimum absolute atomic E-state index is 0.170. The lowest BCUT2D eigenvalue weighted by Crippen LogP contribution is -2.34. The van der Waals surface area contributed by atoms with Crippen LogP contribution in [0.4, 0.5) is 15.8 Å². The van der Waals surface area contributed by atoms with Crippen molar-refractivity contribution in [3.8, 4) is 0 Å². The zero-order chi connectivity index (χ0) is 17.0. The Morgan fingerprint density at radius 1 is 1.39 bits per heavy atom. The summed E-state index contributed by atoms with van der Waals surface area (Å²) < 4.78 is 45.6. The topological polar surface area (TPSA) is 58.6 Å². The molecule has 5 nitrogen and oxygen atoms in total. The Labute approximate surface area is 137 Å². The van der Waals surface area contributed by atoms with Crippen molar-refractivity contribution in [1.29, 1.82) is 0 Å². The van der Waals surface area contributed by atoms with Gasteiger partial charge in [0.25, 0.3) is 0 Å². The van der Waals surface area contributed by atoms with Gasteiger partial charge in [-0.05, 0) is 37.8 Å². The predicted molar refractivity (Wildman–Crippen MR) is 90.9 cm³/mol. The summed E-state index contributed by atoms with van der Waals surface area (Å²) in [5.41, 5.74) is 1.02. The van der Waals surface area contributed by atoms with Gasteiger partial charge in [0.15, 0.2) is 0 Å². The molecule has 1 heterocycles. The van der Waals surface area contributed by atoms with Crippen molar-refractivity contribution in [3.63, 3.8) is 0 Å². The summed E-state index contributed by atoms with van der Waals surface area (Å²) in [5.74, 6) is 0.0299. The molecule has 2 rings (SSSR count). The number of sulfonamides is 1. The number of hydrogen-bond donors (Lipinski definition) is 1. The van der Waals surface area contributed by atoms with Gasteiger partial charge in [-0.2, -0.15) is 0 Å². The molecule has 0 aliphatic carbocycles. The average molecular weight is 344 g/mol. The Kier molecular flexibility index (Phi) is 5.86. The first-order chi connectivity index (χ1) is 10.8. The van der Waals surface area contributed by atoms with E-state index in [-0.39, 0.29) is 5.75 Å². The first-order valence-electron chi connectivity index (χ1n) is 7.88. The largest absolute Gasteiger partial charge is 0.381 e. The van der Waals surface area contributed by atoms with Gasteiger partial charge in [-0.3, -0.25) is 4.72 Å². The summed E-state index contributed by atoms with van der Waals surface area (Å²) in [5, 5.41) is 0. The highest BCUT2D eigenvalue weighted by Gasteiger charge is 2.22. The number of nitrogens with zero attached hydrogens (tertiary/aromatic N) is 1. The fourth-order valence-electron chi connectivity index (χ4n) is 2.70. The standard InChI is InChI=1S/C16H25FN2O3S/c1-12-6-8-19(9-7-12)16-5-4-14(17)10-15(16)18-23(20,21)11-13(2)22-3/h4-5,10,12-13,18H,6-9,11H2,1-3H3. The molecule has 0 spiro atoms. The zero-order valence-electron chi connectivity index (χ0n) is 13.9. The van der Waals surface area contributed by atoms with Crippen LogP contribution in [0.1, 0.15) is 26.7 Å². The molecule has 7 heteroatoms. The fraction of sp³-hybridized carbons (Fsp3) is 0.625. The molecule has 1 fully saturated rings. The number of rotatable bonds is 6. The second-order valence-corrected chi connectivity index (χ2v) is 8.03. The Bertz CT molecular complexity index is 628. The van der Waals surface area contributed by atoms with Crippen LogP contribution in [0.2, 0.25) is 0 Å². The summed E-state index contributed by atoms with van der Waals surface area (Å²) in [4.78, 5) is 2.11. The van der Waals surface area contributed by atoms with Crippen molar-refractivity contribution >= 4 is 21.4 Å². The number of benzene rings is 1. The lowest BCUT2D eigenvalue weighted by molar-refractivity contribution is 0.136. The van der Waals surface area contributed by atoms with Crippen molar-refractivity contribution in [3.05, 3.63) is 24.0 Å². The fourth-order valence-corrected chi connectivity index (χ4v) is 4.04. The summed E-state index contributed by atoms with van der Waals surface area (Å²) in [6.45, 7) is 5.57. The van der Waals surface area contributed by atoms with E-state index in [1.807, 2.05) is 0 Å². The third-order valence-corrected chi connectivity index (χ3v) is 5.64. The number of hydrogen-bond acceptors (Lipinski definition) is 4. The van der Waals surface area contributed by atoms with Crippen molar-refractivity contribution in [1.82, 2.24) is 0 Å². The molecule has 1 N–H and O–H groups in total. The molecule has 23 heavy (non-hydrogen) atoms. The number of ether oxygens (including phenoxy) is 1. The monoisotopic (exact) mass is 344 g/mol. The third kappa shape index (κ3) is 5.07. The average Bonchev–Trinajstić information content (AvgIpc) is 2.47. The van der Waals surface area contributed by atoms with Crippen LogP contribution in [-0.2, 0) is 14.8 Å². The molecule has 1 saturated heterocycles. The molecule has 130 valence electrons. The van der Waals surface area contributed by atoms with Gasteiger partial charge >= 0.3 is 0 Å². The van der Waals surface area contributed by atoms with E-state index in [0.717, 1.165) is 31.6 Å². The molecule has 0 bridgehead atoms. The van der Waals surface area contributed by atoms with Crippen LogP contribution in [0.5, 0.6) is 0 Å². The second kappa shape index (κ2) is 7.49. The van der Waals surface area contributed by atoms with Crippen LogP contribution in [0.25, 0.3) is 0 Å². The molecule has 1 atom stereocenters. The summed E-state index contributed by atoms with van der Waals surface area (Å²) >= 11 is 0. The van der Waals surface area contributed by atoms with E-state index in [2.05, 4.69) is 16.5 Å². The summed E-state index contributed by atoms with van der Waals surface area (Å²) in [6, 6.07) is 4.24. The molecule has 1 unspecified atom stereocenters. The molecule has 1 aliphatic rings. The minimum Gasteiger partial charge on any atom is -0.381 e. The van der Waals surface area contributed by atoms with Crippen LogP contribution in [0, 0.1) is 11.7 Å². The highest BCUT2D eigenvalue weighted by Crippen LogP contribution is 2.31. The van der Waals surface area contributed by atoms with Crippen molar-refractivity contribution in [2.45, 2.75) is 32.8 Å². The molecule has 1 aromatic carbocycles. The van der Waals surface area contributed by atoms with Gasteiger partial charge in [0.1, 0.15) is 5.82 Å². The highest BCUT2D eigenvalue weighted by molar-refractivity contribution is 7.92. The van der Waals surface area contributed by atoms with Crippen molar-refractivity contribution in [2.24, 2.45) is 5.92 Å². The van der Waals surface area contributed by atoms with Gasteiger partial charge in [0, 0.05) is 26.3 Å². The molecule has 1 aromatic rings. The van der Waals surface area contributed by atoms with E-state index in [9.17, 15) is 12.8 Å². The zero-order valence-corrected chi connectivity index (χ0v) is 14.7. The van der Waals surface area contributed by atoms with E-state index in [4.69, 9.17) is 4.74 Å². The summed E-state index contributed by atoms with van der Waals surface area (Å²) in [6.07, 6.45) is 1.66. The lowest BCUT2D eigenvalue weighted by atomic mass is 9.98. The van der Waals surface area contributed by atoms with Crippen LogP contribution in [0.3, 0.4) is 0 Å². The van der Waals surface area contributed by atoms with Crippen LogP contribution < -0.4 is 9.62 Å². The smallest absolute Gasteiger partial charge is 0.235 e. The van der Waals surface area contributed by atoms with E-state index in [0.29, 0.717) is 11.6 Å². The maximum Gasteiger partial charge on any atom is 0.235 e. The molecular weight excluding hydrogens is 319 g/mol. The Morgan fingerprint density at radius 2 is 2.04 bits per heavy atom. The van der Waals surface area contributed by atoms with Gasteiger partial charge < -0.3 is 9.64 Å². The van der Waals surface area contributed by atoms with Crippen LogP contribution >= 0.6 is 0 Å². The quantitative estimate of drug-likeness (QED) is 0.862. The van der Waals surface area contributed by atoms with Crippen molar-refractivity contribution in [2.75, 3.05) is 35.6 Å². The van der Waals surface area contributed by atoms with Gasteiger partial charge in [-0.1, -0.05) is 6.92 Å². The van der Waals surface area contributed by atoms with Crippen molar-refractivity contribution < 1.29 is 17.5 Å². The summed E-state index contributed by atoms with van der Waals surface area (Å²) in [7, 11) is -2.14. The van der Waals surface area contributed by atoms with Gasteiger partial charge in [-0.15, -0.1) is 0 Å². The van der Waals surface area contributed by atoms with E-state index in [1.165, 1.54) is 19.2 Å². The number of piperidine rings is 1. The minimum atomic E-state index is -3.60. The molecule has 0 radical (unpaired) electrons. The Morgan fingerprint density at radius 3 is 2.65 bits per heavy atom. The van der Waals surface area contributed by atoms with Gasteiger partial charge in [0.05, 0.1) is 23.2 Å². The van der Waals surface area contributed by atoms with Crippen LogP contribution in [0.15, 0.2) is 18.2 Å². The van der Waals surface area contributed by atoms with E-state index >= 15 is 0 Å². The predicted octanol–water partition coefficient (Wildman–Crippen LogP) is 2.84. The second-order valence-electron chi connectivity index (χ2n) is 6.26. The van der Waals surface area contributed by atoms with Gasteiger partial charge in [-0.25, -0.2) is 12.8 Å². The number of methoxy groups -OCH3 is 1. The Balaban J connectivity index is 2.22. The lowest BCUT2D eigenvalue weighted by Gasteiger charge is -2.33. The first-order valence-corrected chi connectivity index (χ1v) is 9.53. The maximum absolute atomic E-state index is 13.6. The molecule has 0 aromatic heterocycles. The molecular formula is C16H25FN2O3S. The Hall–Kier alpha value is -1.34. The molecule has 0 saturated carbocycles. The van der Waals surface area contributed by atoms with E-state index < -0.39 is 21.9 Å². The first kappa shape index (κ1) is 18.0. The van der Waals surface area contributed by atoms with E-state index in [1.54, 1.807) is 13.0 Å². The number of nitrogens with one attached hydrogen (secondary N) is 1. The normalized spacial score (nSPS) is 18.0. The number of halogens is 1. The highest BCUT2D eigenvalue weighted by atomic mass is 32.2. The molecule has 1 aliphatic heterocycles. The molecule has 0 amide bonds. The van der Waals surface area contributed by atoms with Crippen LogP contribution in [-0.4, -0.2) is 40.5 Å².